The summed E-state index contributed by atoms with van der Waals surface area (Å²) in [5.74, 6) is -0.268. The molecule has 98 valence electrons. The number of anilines is 1. The number of hydrogen-bond acceptors (Lipinski definition) is 3. The Morgan fingerprint density at radius 1 is 1.39 bits per heavy atom. The van der Waals surface area contributed by atoms with Gasteiger partial charge in [-0.3, -0.25) is 0 Å². The van der Waals surface area contributed by atoms with Crippen LogP contribution in [0.15, 0.2) is 24.8 Å². The van der Waals surface area contributed by atoms with Crippen molar-refractivity contribution in [1.29, 1.82) is 0 Å². The molecule has 3 nitrogen and oxygen atoms in total. The van der Waals surface area contributed by atoms with Crippen molar-refractivity contribution in [2.75, 3.05) is 11.9 Å². The highest BCUT2D eigenvalue weighted by Gasteiger charge is 2.16. The van der Waals surface area contributed by atoms with Gasteiger partial charge in [-0.05, 0) is 44.4 Å². The predicted octanol–water partition coefficient (Wildman–Crippen LogP) is 3.14. The van der Waals surface area contributed by atoms with Crippen LogP contribution in [0.4, 0.5) is 5.69 Å². The largest absolute Gasteiger partial charge is 0.460 e. The molecule has 1 aromatic carbocycles. The lowest BCUT2D eigenvalue weighted by Crippen LogP contribution is -2.29. The summed E-state index contributed by atoms with van der Waals surface area (Å²) in [6, 6.07) is 3.76. The normalized spacial score (nSPS) is 11.8. The number of carbonyl (C=O) groups excluding carboxylic acids is 1. The lowest BCUT2D eigenvalue weighted by molar-refractivity contribution is -0.142. The summed E-state index contributed by atoms with van der Waals surface area (Å²) in [4.78, 5) is 11.7. The van der Waals surface area contributed by atoms with E-state index >= 15 is 0 Å². The van der Waals surface area contributed by atoms with E-state index in [-0.39, 0.29) is 18.6 Å². The van der Waals surface area contributed by atoms with Gasteiger partial charge in [-0.15, -0.1) is 0 Å². The second kappa shape index (κ2) is 6.24. The molecular formula is C15H21NO2. The van der Waals surface area contributed by atoms with Crippen molar-refractivity contribution in [2.45, 2.75) is 33.7 Å². The minimum atomic E-state index is -0.371. The molecule has 0 amide bonds. The van der Waals surface area contributed by atoms with Gasteiger partial charge < -0.3 is 10.1 Å². The highest BCUT2D eigenvalue weighted by molar-refractivity contribution is 5.80. The van der Waals surface area contributed by atoms with E-state index in [0.717, 1.165) is 11.3 Å². The van der Waals surface area contributed by atoms with E-state index in [1.807, 2.05) is 19.9 Å². The molecule has 0 spiro atoms. The van der Waals surface area contributed by atoms with Crippen LogP contribution in [0, 0.1) is 20.8 Å². The zero-order valence-electron chi connectivity index (χ0n) is 11.5. The standard InChI is InChI=1S/C15H21NO2/c1-6-9-18-15(17)13(5)16-14-11(3)8-7-10(2)12(14)4/h6-8,13,16H,1,9H2,2-5H3/t13-/m0/s1. The Morgan fingerprint density at radius 2 is 2.00 bits per heavy atom. The van der Waals surface area contributed by atoms with Gasteiger partial charge in [-0.25, -0.2) is 4.79 Å². The van der Waals surface area contributed by atoms with E-state index in [1.54, 1.807) is 13.0 Å². The van der Waals surface area contributed by atoms with E-state index < -0.39 is 0 Å². The van der Waals surface area contributed by atoms with Gasteiger partial charge in [0.1, 0.15) is 12.6 Å². The van der Waals surface area contributed by atoms with E-state index in [1.165, 1.54) is 11.1 Å². The Morgan fingerprint density at radius 3 is 2.61 bits per heavy atom. The molecule has 0 aliphatic heterocycles. The summed E-state index contributed by atoms with van der Waals surface area (Å²) < 4.78 is 5.02. The zero-order valence-corrected chi connectivity index (χ0v) is 11.5. The molecule has 3 heteroatoms. The van der Waals surface area contributed by atoms with Crippen LogP contribution in [0.3, 0.4) is 0 Å². The van der Waals surface area contributed by atoms with E-state index in [4.69, 9.17) is 4.74 Å². The Labute approximate surface area is 109 Å². The molecular weight excluding hydrogens is 226 g/mol. The van der Waals surface area contributed by atoms with Crippen molar-refractivity contribution in [1.82, 2.24) is 0 Å². The van der Waals surface area contributed by atoms with Crippen LogP contribution in [0.1, 0.15) is 23.6 Å². The van der Waals surface area contributed by atoms with Crippen molar-refractivity contribution in [3.63, 3.8) is 0 Å². The van der Waals surface area contributed by atoms with Crippen molar-refractivity contribution < 1.29 is 9.53 Å². The number of esters is 1. The third kappa shape index (κ3) is 3.36. The van der Waals surface area contributed by atoms with E-state index in [2.05, 4.69) is 24.9 Å². The summed E-state index contributed by atoms with van der Waals surface area (Å²) in [6.45, 7) is 11.7. The molecule has 0 saturated heterocycles. The van der Waals surface area contributed by atoms with Crippen molar-refractivity contribution in [3.05, 3.63) is 41.5 Å². The Hall–Kier alpha value is -1.77. The van der Waals surface area contributed by atoms with Gasteiger partial charge in [0.25, 0.3) is 0 Å². The molecule has 0 radical (unpaired) electrons. The molecule has 0 aromatic heterocycles. The lowest BCUT2D eigenvalue weighted by Gasteiger charge is -2.19. The Kier molecular flexibility index (Phi) is 4.95. The SMILES string of the molecule is C=CCOC(=O)[C@H](C)Nc1c(C)ccc(C)c1C. The third-order valence-electron chi connectivity index (χ3n) is 3.00. The van der Waals surface area contributed by atoms with Gasteiger partial charge in [-0.2, -0.15) is 0 Å². The highest BCUT2D eigenvalue weighted by Crippen LogP contribution is 2.23. The smallest absolute Gasteiger partial charge is 0.328 e. The number of rotatable bonds is 5. The molecule has 1 atom stereocenters. The van der Waals surface area contributed by atoms with Gasteiger partial charge in [0.15, 0.2) is 0 Å². The first-order chi connectivity index (χ1) is 8.47. The fourth-order valence-electron chi connectivity index (χ4n) is 1.71. The number of hydrogen-bond donors (Lipinski definition) is 1. The molecule has 18 heavy (non-hydrogen) atoms. The van der Waals surface area contributed by atoms with E-state index in [9.17, 15) is 4.79 Å². The van der Waals surface area contributed by atoms with Crippen LogP contribution >= 0.6 is 0 Å². The molecule has 1 N–H and O–H groups in total. The van der Waals surface area contributed by atoms with Crippen LogP contribution in [-0.2, 0) is 9.53 Å². The fourth-order valence-corrected chi connectivity index (χ4v) is 1.71. The molecule has 0 heterocycles. The van der Waals surface area contributed by atoms with E-state index in [0.29, 0.717) is 0 Å². The summed E-state index contributed by atoms with van der Waals surface area (Å²) in [7, 11) is 0. The average molecular weight is 247 g/mol. The summed E-state index contributed by atoms with van der Waals surface area (Å²) in [5, 5.41) is 3.22. The first-order valence-electron chi connectivity index (χ1n) is 6.08. The number of nitrogens with one attached hydrogen (secondary N) is 1. The summed E-state index contributed by atoms with van der Waals surface area (Å²) >= 11 is 0. The first-order valence-corrected chi connectivity index (χ1v) is 6.08. The van der Waals surface area contributed by atoms with Crippen LogP contribution < -0.4 is 5.32 Å². The maximum absolute atomic E-state index is 11.7. The molecule has 0 unspecified atom stereocenters. The second-order valence-corrected chi connectivity index (χ2v) is 4.48. The average Bonchev–Trinajstić information content (AvgIpc) is 2.36. The van der Waals surface area contributed by atoms with Crippen molar-refractivity contribution in [2.24, 2.45) is 0 Å². The zero-order chi connectivity index (χ0) is 13.7. The first kappa shape index (κ1) is 14.3. The van der Waals surface area contributed by atoms with Gasteiger partial charge in [0.05, 0.1) is 0 Å². The lowest BCUT2D eigenvalue weighted by atomic mass is 10.0. The molecule has 0 bridgehead atoms. The molecule has 1 aromatic rings. The van der Waals surface area contributed by atoms with Crippen molar-refractivity contribution >= 4 is 11.7 Å². The van der Waals surface area contributed by atoms with Gasteiger partial charge >= 0.3 is 5.97 Å². The quantitative estimate of drug-likeness (QED) is 0.641. The van der Waals surface area contributed by atoms with Gasteiger partial charge in [0.2, 0.25) is 0 Å². The van der Waals surface area contributed by atoms with Crippen LogP contribution in [0.2, 0.25) is 0 Å². The molecule has 0 saturated carbocycles. The second-order valence-electron chi connectivity index (χ2n) is 4.48. The molecule has 1 rings (SSSR count). The topological polar surface area (TPSA) is 38.3 Å². The van der Waals surface area contributed by atoms with Crippen LogP contribution in [0.25, 0.3) is 0 Å². The number of benzene rings is 1. The highest BCUT2D eigenvalue weighted by atomic mass is 16.5. The molecule has 0 aliphatic rings. The monoisotopic (exact) mass is 247 g/mol. The minimum absolute atomic E-state index is 0.247. The Balaban J connectivity index is 2.81. The number of aryl methyl sites for hydroxylation is 2. The Bertz CT molecular complexity index is 452. The third-order valence-corrected chi connectivity index (χ3v) is 3.00. The maximum Gasteiger partial charge on any atom is 0.328 e. The number of carbonyl (C=O) groups is 1. The summed E-state index contributed by atoms with van der Waals surface area (Å²) in [6.07, 6.45) is 1.56. The van der Waals surface area contributed by atoms with Gasteiger partial charge in [-0.1, -0.05) is 24.8 Å². The summed E-state index contributed by atoms with van der Waals surface area (Å²) in [5.41, 5.74) is 4.51. The fraction of sp³-hybridized carbons (Fsp3) is 0.400. The van der Waals surface area contributed by atoms with Gasteiger partial charge in [0, 0.05) is 5.69 Å². The molecule has 0 fully saturated rings. The molecule has 0 aliphatic carbocycles. The maximum atomic E-state index is 11.7. The number of ether oxygens (including phenoxy) is 1. The van der Waals surface area contributed by atoms with Crippen molar-refractivity contribution in [3.8, 4) is 0 Å². The van der Waals surface area contributed by atoms with Crippen LogP contribution in [-0.4, -0.2) is 18.6 Å². The minimum Gasteiger partial charge on any atom is -0.460 e. The van der Waals surface area contributed by atoms with Crippen LogP contribution in [0.5, 0.6) is 0 Å². The predicted molar refractivity (Wildman–Crippen MR) is 74.9 cm³/mol.